The molecule has 5 heteroatoms. The van der Waals surface area contributed by atoms with Gasteiger partial charge in [0.25, 0.3) is 0 Å². The fourth-order valence-corrected chi connectivity index (χ4v) is 2.92. The summed E-state index contributed by atoms with van der Waals surface area (Å²) in [6.45, 7) is 5.19. The minimum absolute atomic E-state index is 0.311. The Hall–Kier alpha value is -1.72. The van der Waals surface area contributed by atoms with Crippen molar-refractivity contribution in [2.75, 3.05) is 13.1 Å². The number of benzene rings is 1. The number of aromatic nitrogens is 3. The third-order valence-electron chi connectivity index (χ3n) is 4.29. The lowest BCUT2D eigenvalue weighted by Gasteiger charge is -2.33. The molecular formula is C16H23N5. The molecule has 2 N–H and O–H groups in total. The van der Waals surface area contributed by atoms with Gasteiger partial charge in [-0.2, -0.15) is 15.0 Å². The molecule has 0 amide bonds. The molecule has 1 aliphatic rings. The summed E-state index contributed by atoms with van der Waals surface area (Å²) in [5.74, 6) is 0.668. The fourth-order valence-electron chi connectivity index (χ4n) is 2.92. The predicted molar refractivity (Wildman–Crippen MR) is 83.0 cm³/mol. The third kappa shape index (κ3) is 3.49. The number of piperidine rings is 1. The molecule has 0 spiro atoms. The van der Waals surface area contributed by atoms with Crippen LogP contribution in [0.3, 0.4) is 0 Å². The molecule has 0 bridgehead atoms. The summed E-state index contributed by atoms with van der Waals surface area (Å²) in [7, 11) is 0. The lowest BCUT2D eigenvalue weighted by Crippen LogP contribution is -2.39. The normalized spacial score (nSPS) is 18.8. The van der Waals surface area contributed by atoms with Gasteiger partial charge < -0.3 is 5.73 Å². The first-order valence-electron chi connectivity index (χ1n) is 7.67. The van der Waals surface area contributed by atoms with E-state index in [1.807, 2.05) is 36.5 Å². The predicted octanol–water partition coefficient (Wildman–Crippen LogP) is 1.83. The van der Waals surface area contributed by atoms with Gasteiger partial charge in [0.1, 0.15) is 0 Å². The van der Waals surface area contributed by atoms with Crippen molar-refractivity contribution in [2.24, 2.45) is 11.7 Å². The van der Waals surface area contributed by atoms with E-state index in [-0.39, 0.29) is 0 Å². The first-order chi connectivity index (χ1) is 10.2. The average Bonchev–Trinajstić information content (AvgIpc) is 2.97. The van der Waals surface area contributed by atoms with E-state index in [1.165, 1.54) is 12.8 Å². The maximum Gasteiger partial charge on any atom is 0.0971 e. The lowest BCUT2D eigenvalue weighted by molar-refractivity contribution is 0.164. The highest BCUT2D eigenvalue weighted by Crippen LogP contribution is 2.20. The Morgan fingerprint density at radius 2 is 1.95 bits per heavy atom. The van der Waals surface area contributed by atoms with Gasteiger partial charge in [0, 0.05) is 12.6 Å². The Morgan fingerprint density at radius 1 is 1.24 bits per heavy atom. The summed E-state index contributed by atoms with van der Waals surface area (Å²) in [6.07, 6.45) is 4.24. The monoisotopic (exact) mass is 285 g/mol. The summed E-state index contributed by atoms with van der Waals surface area (Å²) < 4.78 is 0. The second kappa shape index (κ2) is 6.37. The van der Waals surface area contributed by atoms with Crippen LogP contribution in [-0.2, 0) is 6.54 Å². The van der Waals surface area contributed by atoms with Gasteiger partial charge in [-0.05, 0) is 50.9 Å². The van der Waals surface area contributed by atoms with Crippen LogP contribution in [0.25, 0.3) is 5.69 Å². The van der Waals surface area contributed by atoms with Crippen LogP contribution in [-0.4, -0.2) is 39.0 Å². The Balaban J connectivity index is 1.59. The Kier molecular flexibility index (Phi) is 4.31. The van der Waals surface area contributed by atoms with Crippen molar-refractivity contribution in [3.8, 4) is 5.69 Å². The zero-order chi connectivity index (χ0) is 14.7. The van der Waals surface area contributed by atoms with Gasteiger partial charge >= 0.3 is 0 Å². The van der Waals surface area contributed by atoms with Crippen molar-refractivity contribution in [3.63, 3.8) is 0 Å². The molecule has 0 saturated carbocycles. The molecule has 1 aliphatic heterocycles. The number of nitrogens with two attached hydrogens (primary N) is 1. The number of hydrogen-bond donors (Lipinski definition) is 1. The zero-order valence-corrected chi connectivity index (χ0v) is 12.5. The van der Waals surface area contributed by atoms with Crippen molar-refractivity contribution < 1.29 is 0 Å². The zero-order valence-electron chi connectivity index (χ0n) is 12.5. The first-order valence-corrected chi connectivity index (χ1v) is 7.67. The molecule has 21 heavy (non-hydrogen) atoms. The summed E-state index contributed by atoms with van der Waals surface area (Å²) in [6, 6.07) is 10.3. The number of nitrogens with zero attached hydrogens (tertiary/aromatic N) is 4. The summed E-state index contributed by atoms with van der Waals surface area (Å²) in [5.41, 5.74) is 8.01. The standard InChI is InChI=1S/C16H23N5/c1-13(17)14-7-9-20(10-8-14)12-15-11-18-21(19-15)16-5-3-2-4-6-16/h2-6,11,13-14H,7-10,12,17H2,1H3. The number of para-hydroxylation sites is 1. The van der Waals surface area contributed by atoms with Gasteiger partial charge in [-0.15, -0.1) is 0 Å². The molecule has 1 aromatic carbocycles. The lowest BCUT2D eigenvalue weighted by atomic mass is 9.91. The molecule has 3 rings (SSSR count). The van der Waals surface area contributed by atoms with Gasteiger partial charge in [-0.3, -0.25) is 4.90 Å². The van der Waals surface area contributed by atoms with Crippen LogP contribution in [0.4, 0.5) is 0 Å². The highest BCUT2D eigenvalue weighted by Gasteiger charge is 2.22. The maximum atomic E-state index is 5.99. The average molecular weight is 285 g/mol. The van der Waals surface area contributed by atoms with Crippen molar-refractivity contribution in [1.29, 1.82) is 0 Å². The van der Waals surface area contributed by atoms with Crippen LogP contribution in [0.5, 0.6) is 0 Å². The fraction of sp³-hybridized carbons (Fsp3) is 0.500. The molecule has 1 aromatic heterocycles. The molecule has 1 saturated heterocycles. The largest absolute Gasteiger partial charge is 0.328 e. The summed E-state index contributed by atoms with van der Waals surface area (Å²) >= 11 is 0. The molecule has 1 fully saturated rings. The SMILES string of the molecule is CC(N)C1CCN(Cc2cnn(-c3ccccc3)n2)CC1. The van der Waals surface area contributed by atoms with Crippen LogP contribution >= 0.6 is 0 Å². The van der Waals surface area contributed by atoms with Crippen LogP contribution in [0.2, 0.25) is 0 Å². The molecule has 0 radical (unpaired) electrons. The molecular weight excluding hydrogens is 262 g/mol. The number of likely N-dealkylation sites (tertiary alicyclic amines) is 1. The Bertz CT molecular complexity index is 555. The van der Waals surface area contributed by atoms with Gasteiger partial charge in [0.2, 0.25) is 0 Å². The number of rotatable bonds is 4. The summed E-state index contributed by atoms with van der Waals surface area (Å²) in [4.78, 5) is 4.14. The van der Waals surface area contributed by atoms with E-state index in [9.17, 15) is 0 Å². The van der Waals surface area contributed by atoms with Gasteiger partial charge in [0.15, 0.2) is 0 Å². The summed E-state index contributed by atoms with van der Waals surface area (Å²) in [5, 5.41) is 8.92. The second-order valence-corrected chi connectivity index (χ2v) is 5.93. The second-order valence-electron chi connectivity index (χ2n) is 5.93. The first kappa shape index (κ1) is 14.2. The van der Waals surface area contributed by atoms with Crippen LogP contribution in [0.1, 0.15) is 25.5 Å². The maximum absolute atomic E-state index is 5.99. The Morgan fingerprint density at radius 3 is 2.62 bits per heavy atom. The molecule has 2 heterocycles. The van der Waals surface area contributed by atoms with E-state index in [2.05, 4.69) is 22.0 Å². The Labute approximate surface area is 125 Å². The van der Waals surface area contributed by atoms with Crippen molar-refractivity contribution >= 4 is 0 Å². The van der Waals surface area contributed by atoms with E-state index < -0.39 is 0 Å². The van der Waals surface area contributed by atoms with Crippen LogP contribution < -0.4 is 5.73 Å². The molecule has 1 unspecified atom stereocenters. The molecule has 0 aliphatic carbocycles. The quantitative estimate of drug-likeness (QED) is 0.931. The minimum atomic E-state index is 0.311. The molecule has 5 nitrogen and oxygen atoms in total. The molecule has 1 atom stereocenters. The van der Waals surface area contributed by atoms with Gasteiger partial charge in [-0.1, -0.05) is 18.2 Å². The molecule has 112 valence electrons. The number of hydrogen-bond acceptors (Lipinski definition) is 4. The third-order valence-corrected chi connectivity index (χ3v) is 4.29. The smallest absolute Gasteiger partial charge is 0.0971 e. The van der Waals surface area contributed by atoms with Gasteiger partial charge in [0.05, 0.1) is 17.6 Å². The van der Waals surface area contributed by atoms with Crippen molar-refractivity contribution in [2.45, 2.75) is 32.4 Å². The van der Waals surface area contributed by atoms with E-state index in [0.29, 0.717) is 12.0 Å². The van der Waals surface area contributed by atoms with E-state index in [0.717, 1.165) is 31.0 Å². The van der Waals surface area contributed by atoms with Crippen LogP contribution in [0, 0.1) is 5.92 Å². The van der Waals surface area contributed by atoms with Crippen molar-refractivity contribution in [3.05, 3.63) is 42.2 Å². The molecule has 2 aromatic rings. The van der Waals surface area contributed by atoms with E-state index in [1.54, 1.807) is 4.80 Å². The van der Waals surface area contributed by atoms with E-state index >= 15 is 0 Å². The van der Waals surface area contributed by atoms with Gasteiger partial charge in [-0.25, -0.2) is 0 Å². The highest BCUT2D eigenvalue weighted by molar-refractivity contribution is 5.28. The topological polar surface area (TPSA) is 60.0 Å². The van der Waals surface area contributed by atoms with Crippen LogP contribution in [0.15, 0.2) is 36.5 Å². The van der Waals surface area contributed by atoms with Crippen molar-refractivity contribution in [1.82, 2.24) is 19.9 Å². The minimum Gasteiger partial charge on any atom is -0.328 e. The van der Waals surface area contributed by atoms with E-state index in [4.69, 9.17) is 5.73 Å². The highest BCUT2D eigenvalue weighted by atomic mass is 15.5.